The number of rotatable bonds is 4. The molecule has 0 fully saturated rings. The van der Waals surface area contributed by atoms with E-state index in [1.807, 2.05) is 18.2 Å². The Balaban J connectivity index is 1.42. The number of allylic oxidation sites excluding steroid dienone is 1. The van der Waals surface area contributed by atoms with Gasteiger partial charge in [-0.05, 0) is 53.6 Å². The van der Waals surface area contributed by atoms with Crippen molar-refractivity contribution < 1.29 is 38.0 Å². The normalized spacial score (nSPS) is 18.6. The van der Waals surface area contributed by atoms with Crippen molar-refractivity contribution >= 4 is 17.8 Å². The van der Waals surface area contributed by atoms with Gasteiger partial charge < -0.3 is 28.4 Å². The Hall–Kier alpha value is -4.46. The average molecular weight is 472 g/mol. The van der Waals surface area contributed by atoms with Gasteiger partial charge in [0, 0.05) is 11.5 Å². The summed E-state index contributed by atoms with van der Waals surface area (Å²) >= 11 is 0. The van der Waals surface area contributed by atoms with Crippen LogP contribution in [0.3, 0.4) is 0 Å². The van der Waals surface area contributed by atoms with Crippen LogP contribution in [0.2, 0.25) is 0 Å². The number of esters is 1. The van der Waals surface area contributed by atoms with E-state index in [2.05, 4.69) is 0 Å². The molecule has 0 N–H and O–H groups in total. The number of carbonyl (C=O) groups excluding carboxylic acids is 2. The second-order valence-corrected chi connectivity index (χ2v) is 8.25. The number of methoxy groups -OCH3 is 2. The van der Waals surface area contributed by atoms with Crippen molar-refractivity contribution in [1.29, 1.82) is 0 Å². The summed E-state index contributed by atoms with van der Waals surface area (Å²) in [5.41, 5.74) is 2.63. The van der Waals surface area contributed by atoms with Crippen molar-refractivity contribution in [3.8, 4) is 34.5 Å². The van der Waals surface area contributed by atoms with E-state index in [9.17, 15) is 9.59 Å². The molecule has 0 spiro atoms. The third kappa shape index (κ3) is 3.45. The molecule has 0 aromatic heterocycles. The predicted octanol–water partition coefficient (Wildman–Crippen LogP) is 4.49. The standard InChI is InChI=1S/C27H20O8/c1-30-18-6-3-14(9-21(18)31-2)10-23-26(29)16-5-8-20-25(27(16)35-23)17(12-24(28)34-20)15-4-7-19-22(11-15)33-13-32-19/h3-11,17H,12-13H2,1-2H3/b23-10-/t17-/m0/s1. The highest BCUT2D eigenvalue weighted by atomic mass is 16.7. The molecule has 3 aromatic carbocycles. The minimum absolute atomic E-state index is 0.107. The molecule has 0 aliphatic carbocycles. The van der Waals surface area contributed by atoms with E-state index >= 15 is 0 Å². The van der Waals surface area contributed by atoms with Crippen molar-refractivity contribution in [2.45, 2.75) is 12.3 Å². The first-order valence-electron chi connectivity index (χ1n) is 11.0. The van der Waals surface area contributed by atoms with Crippen molar-refractivity contribution in [3.05, 3.63) is 76.5 Å². The topological polar surface area (TPSA) is 89.5 Å². The lowest BCUT2D eigenvalue weighted by molar-refractivity contribution is -0.135. The fraction of sp³-hybridized carbons (Fsp3) is 0.185. The van der Waals surface area contributed by atoms with Gasteiger partial charge in [0.1, 0.15) is 11.5 Å². The first-order valence-corrected chi connectivity index (χ1v) is 11.0. The third-order valence-electron chi connectivity index (χ3n) is 6.28. The lowest BCUT2D eigenvalue weighted by Crippen LogP contribution is -2.21. The van der Waals surface area contributed by atoms with E-state index in [1.54, 1.807) is 50.6 Å². The number of Topliss-reactive ketones (excluding diaryl/α,β-unsaturated/α-hetero) is 1. The van der Waals surface area contributed by atoms with Gasteiger partial charge in [-0.2, -0.15) is 0 Å². The number of benzene rings is 3. The smallest absolute Gasteiger partial charge is 0.312 e. The zero-order valence-electron chi connectivity index (χ0n) is 19.0. The lowest BCUT2D eigenvalue weighted by atomic mass is 9.84. The van der Waals surface area contributed by atoms with Gasteiger partial charge in [0.25, 0.3) is 0 Å². The Morgan fingerprint density at radius 1 is 0.857 bits per heavy atom. The molecule has 1 atom stereocenters. The van der Waals surface area contributed by atoms with Gasteiger partial charge in [-0.3, -0.25) is 9.59 Å². The Kier molecular flexibility index (Phi) is 4.88. The number of fused-ring (bicyclic) bond motifs is 4. The first kappa shape index (κ1) is 21.1. The molecule has 8 heteroatoms. The van der Waals surface area contributed by atoms with Crippen LogP contribution in [0.5, 0.6) is 34.5 Å². The van der Waals surface area contributed by atoms with Crippen molar-refractivity contribution in [2.24, 2.45) is 0 Å². The van der Waals surface area contributed by atoms with Crippen LogP contribution in [0.4, 0.5) is 0 Å². The lowest BCUT2D eigenvalue weighted by Gasteiger charge is -2.26. The van der Waals surface area contributed by atoms with Crippen molar-refractivity contribution in [1.82, 2.24) is 0 Å². The summed E-state index contributed by atoms with van der Waals surface area (Å²) in [4.78, 5) is 25.6. The maximum Gasteiger partial charge on any atom is 0.312 e. The molecule has 3 heterocycles. The monoisotopic (exact) mass is 472 g/mol. The number of ketones is 1. The van der Waals surface area contributed by atoms with Crippen molar-refractivity contribution in [3.63, 3.8) is 0 Å². The zero-order valence-corrected chi connectivity index (χ0v) is 19.0. The van der Waals surface area contributed by atoms with Crippen LogP contribution in [-0.2, 0) is 4.79 Å². The van der Waals surface area contributed by atoms with E-state index in [4.69, 9.17) is 28.4 Å². The second kappa shape index (κ2) is 8.09. The molecule has 0 saturated heterocycles. The van der Waals surface area contributed by atoms with Gasteiger partial charge in [0.15, 0.2) is 28.8 Å². The molecular formula is C27H20O8. The molecule has 0 bridgehead atoms. The fourth-order valence-electron chi connectivity index (χ4n) is 4.61. The van der Waals surface area contributed by atoms with Gasteiger partial charge >= 0.3 is 5.97 Å². The molecule has 0 radical (unpaired) electrons. The van der Waals surface area contributed by atoms with E-state index in [0.29, 0.717) is 51.2 Å². The predicted molar refractivity (Wildman–Crippen MR) is 124 cm³/mol. The summed E-state index contributed by atoms with van der Waals surface area (Å²) in [6, 6.07) is 14.2. The Bertz CT molecular complexity index is 1420. The average Bonchev–Trinajstić information content (AvgIpc) is 3.47. The SMILES string of the molecule is COc1ccc(/C=C2\Oc3c(ccc4c3[C@H](c3ccc5c(c3)OCO5)CC(=O)O4)C2=O)cc1OC. The quantitative estimate of drug-likeness (QED) is 0.312. The molecule has 8 nitrogen and oxygen atoms in total. The van der Waals surface area contributed by atoms with E-state index < -0.39 is 0 Å². The van der Waals surface area contributed by atoms with Crippen LogP contribution in [0, 0.1) is 0 Å². The molecule has 3 aromatic rings. The van der Waals surface area contributed by atoms with Gasteiger partial charge in [-0.1, -0.05) is 12.1 Å². The highest BCUT2D eigenvalue weighted by Gasteiger charge is 2.39. The van der Waals surface area contributed by atoms with Crippen LogP contribution in [0.25, 0.3) is 6.08 Å². The summed E-state index contributed by atoms with van der Waals surface area (Å²) in [6.45, 7) is 0.152. The van der Waals surface area contributed by atoms with Gasteiger partial charge in [-0.25, -0.2) is 0 Å². The van der Waals surface area contributed by atoms with Crippen molar-refractivity contribution in [2.75, 3.05) is 21.0 Å². The van der Waals surface area contributed by atoms with Gasteiger partial charge in [0.05, 0.1) is 26.2 Å². The third-order valence-corrected chi connectivity index (χ3v) is 6.28. The number of carbonyl (C=O) groups is 2. The highest BCUT2D eigenvalue weighted by molar-refractivity contribution is 6.15. The Morgan fingerprint density at radius 2 is 1.66 bits per heavy atom. The van der Waals surface area contributed by atoms with Crippen LogP contribution in [-0.4, -0.2) is 32.8 Å². The summed E-state index contributed by atoms with van der Waals surface area (Å²) in [5.74, 6) is 2.35. The van der Waals surface area contributed by atoms with Crippen LogP contribution >= 0.6 is 0 Å². The second-order valence-electron chi connectivity index (χ2n) is 8.25. The van der Waals surface area contributed by atoms with E-state index in [-0.39, 0.29) is 36.6 Å². The Labute approximate surface area is 200 Å². The zero-order chi connectivity index (χ0) is 24.1. The van der Waals surface area contributed by atoms with Crippen LogP contribution < -0.4 is 28.4 Å². The van der Waals surface area contributed by atoms with Gasteiger partial charge in [0.2, 0.25) is 12.6 Å². The minimum atomic E-state index is -0.371. The number of hydrogen-bond acceptors (Lipinski definition) is 8. The van der Waals surface area contributed by atoms with E-state index in [1.165, 1.54) is 0 Å². The fourth-order valence-corrected chi connectivity index (χ4v) is 4.61. The van der Waals surface area contributed by atoms with Crippen LogP contribution in [0.15, 0.2) is 54.3 Å². The summed E-state index contributed by atoms with van der Waals surface area (Å²) < 4.78 is 33.2. The molecule has 0 saturated carbocycles. The first-order chi connectivity index (χ1) is 17.1. The largest absolute Gasteiger partial charge is 0.493 e. The van der Waals surface area contributed by atoms with E-state index in [0.717, 1.165) is 5.56 Å². The summed E-state index contributed by atoms with van der Waals surface area (Å²) in [6.07, 6.45) is 1.76. The maximum absolute atomic E-state index is 13.2. The van der Waals surface area contributed by atoms with Crippen LogP contribution in [0.1, 0.15) is 39.4 Å². The molecule has 3 aliphatic rings. The number of ether oxygens (including phenoxy) is 6. The molecule has 0 amide bonds. The molecule has 176 valence electrons. The molecule has 35 heavy (non-hydrogen) atoms. The molecule has 0 unspecified atom stereocenters. The molecular weight excluding hydrogens is 452 g/mol. The summed E-state index contributed by atoms with van der Waals surface area (Å²) in [5, 5.41) is 0. The summed E-state index contributed by atoms with van der Waals surface area (Å²) in [7, 11) is 3.11. The van der Waals surface area contributed by atoms with Gasteiger partial charge in [-0.15, -0.1) is 0 Å². The maximum atomic E-state index is 13.2. The minimum Gasteiger partial charge on any atom is -0.493 e. The molecule has 3 aliphatic heterocycles. The number of hydrogen-bond donors (Lipinski definition) is 0. The molecule has 6 rings (SSSR count). The highest BCUT2D eigenvalue weighted by Crippen LogP contribution is 2.50. The Morgan fingerprint density at radius 3 is 2.49 bits per heavy atom.